The van der Waals surface area contributed by atoms with Gasteiger partial charge >= 0.3 is 6.03 Å². The first-order valence-corrected chi connectivity index (χ1v) is 8.04. The number of urea groups is 1. The number of nitrogens with zero attached hydrogens (tertiary/aromatic N) is 1. The summed E-state index contributed by atoms with van der Waals surface area (Å²) in [5.74, 6) is 0.00217. The van der Waals surface area contributed by atoms with Gasteiger partial charge in [0.25, 0.3) is 5.91 Å². The number of para-hydroxylation sites is 1. The van der Waals surface area contributed by atoms with Gasteiger partial charge in [0.15, 0.2) is 0 Å². The minimum atomic E-state index is -0.286. The third-order valence-electron chi connectivity index (χ3n) is 3.72. The Morgan fingerprint density at radius 2 is 1.68 bits per heavy atom. The van der Waals surface area contributed by atoms with Gasteiger partial charge in [-0.25, -0.2) is 4.79 Å². The van der Waals surface area contributed by atoms with Crippen LogP contribution in [0.4, 0.5) is 10.5 Å². The normalized spacial score (nSPS) is 15.3. The zero-order valence-corrected chi connectivity index (χ0v) is 13.4. The number of rotatable bonds is 3. The van der Waals surface area contributed by atoms with Crippen molar-refractivity contribution in [2.45, 2.75) is 45.6 Å². The first-order chi connectivity index (χ1) is 10.6. The Kier molecular flexibility index (Phi) is 5.81. The van der Waals surface area contributed by atoms with Gasteiger partial charge in [-0.1, -0.05) is 25.0 Å². The van der Waals surface area contributed by atoms with Crippen LogP contribution in [-0.4, -0.2) is 36.0 Å². The second kappa shape index (κ2) is 7.82. The van der Waals surface area contributed by atoms with Crippen molar-refractivity contribution in [2.75, 3.05) is 18.4 Å². The van der Waals surface area contributed by atoms with E-state index in [4.69, 9.17) is 0 Å². The number of benzene rings is 1. The van der Waals surface area contributed by atoms with Crippen LogP contribution in [0.25, 0.3) is 0 Å². The molecule has 5 nitrogen and oxygen atoms in total. The molecule has 0 radical (unpaired) electrons. The minimum Gasteiger partial charge on any atom is -0.339 e. The molecular weight excluding hydrogens is 278 g/mol. The Morgan fingerprint density at radius 1 is 1.05 bits per heavy atom. The Morgan fingerprint density at radius 3 is 2.32 bits per heavy atom. The Balaban J connectivity index is 2.12. The summed E-state index contributed by atoms with van der Waals surface area (Å²) in [6.07, 6.45) is 4.46. The number of hydrogen-bond acceptors (Lipinski definition) is 2. The zero-order chi connectivity index (χ0) is 15.9. The van der Waals surface area contributed by atoms with Crippen molar-refractivity contribution in [2.24, 2.45) is 0 Å². The third kappa shape index (κ3) is 4.48. The molecule has 1 aliphatic heterocycles. The molecule has 0 saturated carbocycles. The van der Waals surface area contributed by atoms with Crippen molar-refractivity contribution in [1.29, 1.82) is 0 Å². The van der Waals surface area contributed by atoms with Crippen molar-refractivity contribution >= 4 is 17.6 Å². The smallest absolute Gasteiger partial charge is 0.319 e. The largest absolute Gasteiger partial charge is 0.339 e. The van der Waals surface area contributed by atoms with Crippen molar-refractivity contribution in [1.82, 2.24) is 10.2 Å². The van der Waals surface area contributed by atoms with E-state index < -0.39 is 0 Å². The molecule has 1 heterocycles. The number of carbonyl (C=O) groups is 2. The monoisotopic (exact) mass is 303 g/mol. The number of hydrogen-bond donors (Lipinski definition) is 2. The van der Waals surface area contributed by atoms with Crippen LogP contribution < -0.4 is 10.6 Å². The molecule has 1 aromatic rings. The topological polar surface area (TPSA) is 61.4 Å². The molecule has 1 aliphatic rings. The Bertz CT molecular complexity index is 520. The van der Waals surface area contributed by atoms with Crippen LogP contribution in [0.1, 0.15) is 49.9 Å². The van der Waals surface area contributed by atoms with Crippen LogP contribution in [0.15, 0.2) is 24.3 Å². The second-order valence-electron chi connectivity index (χ2n) is 6.01. The van der Waals surface area contributed by atoms with Crippen LogP contribution >= 0.6 is 0 Å². The van der Waals surface area contributed by atoms with E-state index >= 15 is 0 Å². The fourth-order valence-corrected chi connectivity index (χ4v) is 2.64. The fraction of sp³-hybridized carbons (Fsp3) is 0.529. The summed E-state index contributed by atoms with van der Waals surface area (Å²) in [6.45, 7) is 5.39. The predicted molar refractivity (Wildman–Crippen MR) is 88.1 cm³/mol. The van der Waals surface area contributed by atoms with Gasteiger partial charge in [0.1, 0.15) is 0 Å². The van der Waals surface area contributed by atoms with Gasteiger partial charge in [0.05, 0.1) is 11.3 Å². The number of nitrogens with one attached hydrogen (secondary N) is 2. The highest BCUT2D eigenvalue weighted by Crippen LogP contribution is 2.19. The van der Waals surface area contributed by atoms with Gasteiger partial charge < -0.3 is 15.5 Å². The molecule has 1 saturated heterocycles. The van der Waals surface area contributed by atoms with Crippen molar-refractivity contribution < 1.29 is 9.59 Å². The van der Waals surface area contributed by atoms with E-state index in [-0.39, 0.29) is 18.0 Å². The van der Waals surface area contributed by atoms with Crippen LogP contribution in [-0.2, 0) is 0 Å². The number of likely N-dealkylation sites (tertiary alicyclic amines) is 1. The summed E-state index contributed by atoms with van der Waals surface area (Å²) in [7, 11) is 0. The third-order valence-corrected chi connectivity index (χ3v) is 3.72. The van der Waals surface area contributed by atoms with E-state index in [0.717, 1.165) is 25.9 Å². The summed E-state index contributed by atoms with van der Waals surface area (Å²) < 4.78 is 0. The van der Waals surface area contributed by atoms with Crippen LogP contribution in [0.3, 0.4) is 0 Å². The molecule has 0 aliphatic carbocycles. The summed E-state index contributed by atoms with van der Waals surface area (Å²) in [5, 5.41) is 5.55. The Labute approximate surface area is 132 Å². The van der Waals surface area contributed by atoms with E-state index in [0.29, 0.717) is 11.3 Å². The lowest BCUT2D eigenvalue weighted by molar-refractivity contribution is 0.0762. The molecular formula is C17H25N3O2. The molecule has 0 unspecified atom stereocenters. The average molecular weight is 303 g/mol. The lowest BCUT2D eigenvalue weighted by Gasteiger charge is -2.22. The van der Waals surface area contributed by atoms with Crippen LogP contribution in [0, 0.1) is 0 Å². The quantitative estimate of drug-likeness (QED) is 0.900. The summed E-state index contributed by atoms with van der Waals surface area (Å²) in [4.78, 5) is 26.5. The van der Waals surface area contributed by atoms with E-state index in [9.17, 15) is 9.59 Å². The second-order valence-corrected chi connectivity index (χ2v) is 6.01. The van der Waals surface area contributed by atoms with Crippen molar-refractivity contribution in [3.8, 4) is 0 Å². The van der Waals surface area contributed by atoms with Gasteiger partial charge in [0.2, 0.25) is 0 Å². The fourth-order valence-electron chi connectivity index (χ4n) is 2.64. The highest BCUT2D eigenvalue weighted by atomic mass is 16.2. The number of amides is 3. The summed E-state index contributed by atoms with van der Waals surface area (Å²) in [6, 6.07) is 6.96. The molecule has 5 heteroatoms. The first kappa shape index (κ1) is 16.3. The molecule has 0 atom stereocenters. The van der Waals surface area contributed by atoms with E-state index in [1.54, 1.807) is 12.1 Å². The van der Waals surface area contributed by atoms with Crippen LogP contribution in [0.5, 0.6) is 0 Å². The van der Waals surface area contributed by atoms with E-state index in [1.807, 2.05) is 30.9 Å². The van der Waals surface area contributed by atoms with Gasteiger partial charge in [-0.05, 0) is 38.8 Å². The lowest BCUT2D eigenvalue weighted by atomic mass is 10.1. The highest BCUT2D eigenvalue weighted by molar-refractivity contribution is 6.03. The molecule has 2 rings (SSSR count). The minimum absolute atomic E-state index is 0.00217. The Hall–Kier alpha value is -2.04. The van der Waals surface area contributed by atoms with Crippen LogP contribution in [0.2, 0.25) is 0 Å². The lowest BCUT2D eigenvalue weighted by Crippen LogP contribution is -2.36. The number of anilines is 1. The molecule has 3 amide bonds. The molecule has 120 valence electrons. The SMILES string of the molecule is CC(C)NC(=O)Nc1ccccc1C(=O)N1CCCCCC1. The molecule has 0 bridgehead atoms. The van der Waals surface area contributed by atoms with Crippen molar-refractivity contribution in [3.63, 3.8) is 0 Å². The molecule has 22 heavy (non-hydrogen) atoms. The highest BCUT2D eigenvalue weighted by Gasteiger charge is 2.20. The average Bonchev–Trinajstić information content (AvgIpc) is 2.75. The van der Waals surface area contributed by atoms with Gasteiger partial charge in [0, 0.05) is 19.1 Å². The van der Waals surface area contributed by atoms with Gasteiger partial charge in [-0.2, -0.15) is 0 Å². The maximum Gasteiger partial charge on any atom is 0.319 e. The predicted octanol–water partition coefficient (Wildman–Crippen LogP) is 3.23. The summed E-state index contributed by atoms with van der Waals surface area (Å²) in [5.41, 5.74) is 1.12. The molecule has 1 fully saturated rings. The number of carbonyl (C=O) groups excluding carboxylic acids is 2. The first-order valence-electron chi connectivity index (χ1n) is 8.04. The van der Waals surface area contributed by atoms with Gasteiger partial charge in [-0.15, -0.1) is 0 Å². The summed E-state index contributed by atoms with van der Waals surface area (Å²) >= 11 is 0. The molecule has 1 aromatic carbocycles. The van der Waals surface area contributed by atoms with Crippen molar-refractivity contribution in [3.05, 3.63) is 29.8 Å². The van der Waals surface area contributed by atoms with E-state index in [1.165, 1.54) is 12.8 Å². The molecule has 0 spiro atoms. The molecule has 2 N–H and O–H groups in total. The maximum atomic E-state index is 12.7. The standard InChI is InChI=1S/C17H25N3O2/c1-13(2)18-17(22)19-15-10-6-5-9-14(15)16(21)20-11-7-3-4-8-12-20/h5-6,9-10,13H,3-4,7-8,11-12H2,1-2H3,(H2,18,19,22). The molecule has 0 aromatic heterocycles. The van der Waals surface area contributed by atoms with Gasteiger partial charge in [-0.3, -0.25) is 4.79 Å². The van der Waals surface area contributed by atoms with E-state index in [2.05, 4.69) is 10.6 Å². The maximum absolute atomic E-state index is 12.7. The zero-order valence-electron chi connectivity index (χ0n) is 13.4.